The van der Waals surface area contributed by atoms with E-state index < -0.39 is 11.9 Å². The van der Waals surface area contributed by atoms with Crippen molar-refractivity contribution in [1.29, 1.82) is 0 Å². The van der Waals surface area contributed by atoms with Crippen molar-refractivity contribution in [2.75, 3.05) is 0 Å². The predicted octanol–water partition coefficient (Wildman–Crippen LogP) is 7.29. The molecule has 4 heterocycles. The van der Waals surface area contributed by atoms with Crippen molar-refractivity contribution in [3.8, 4) is 31.6 Å². The highest BCUT2D eigenvalue weighted by atomic mass is 32.1. The van der Waals surface area contributed by atoms with Crippen LogP contribution in [0, 0.1) is 0 Å². The van der Waals surface area contributed by atoms with E-state index >= 15 is 0 Å². The van der Waals surface area contributed by atoms with E-state index in [1.54, 1.807) is 23.6 Å². The number of aryl methyl sites for hydroxylation is 1. The second-order valence-electron chi connectivity index (χ2n) is 6.63. The van der Waals surface area contributed by atoms with E-state index in [0.29, 0.717) is 5.69 Å². The molecule has 150 valence electrons. The van der Waals surface area contributed by atoms with Crippen molar-refractivity contribution in [2.45, 2.75) is 32.4 Å². The van der Waals surface area contributed by atoms with Gasteiger partial charge in [0.1, 0.15) is 11.4 Å². The van der Waals surface area contributed by atoms with Gasteiger partial charge in [-0.15, -0.1) is 22.7 Å². The molecule has 0 aromatic carbocycles. The number of pyridine rings is 1. The van der Waals surface area contributed by atoms with Crippen LogP contribution in [-0.4, -0.2) is 15.2 Å². The number of halogens is 3. The number of nitrogens with zero attached hydrogens (tertiary/aromatic N) is 2. The highest BCUT2D eigenvalue weighted by Crippen LogP contribution is 2.38. The third-order valence-electron chi connectivity index (χ3n) is 4.48. The van der Waals surface area contributed by atoms with Crippen molar-refractivity contribution in [2.24, 2.45) is 0 Å². The lowest BCUT2D eigenvalue weighted by molar-refractivity contribution is -0.141. The summed E-state index contributed by atoms with van der Waals surface area (Å²) in [6.45, 7) is 2.20. The zero-order valence-electron chi connectivity index (χ0n) is 15.6. The average Bonchev–Trinajstić information content (AvgIpc) is 3.46. The Morgan fingerprint density at radius 1 is 0.931 bits per heavy atom. The number of unbranched alkanes of at least 4 members (excludes halogenated alkanes) is 1. The van der Waals surface area contributed by atoms with Crippen LogP contribution in [-0.2, 0) is 12.6 Å². The molecule has 0 fully saturated rings. The van der Waals surface area contributed by atoms with Crippen LogP contribution in [0.4, 0.5) is 13.2 Å². The quantitative estimate of drug-likeness (QED) is 0.347. The molecule has 0 saturated carbocycles. The van der Waals surface area contributed by atoms with Gasteiger partial charge in [-0.3, -0.25) is 10.1 Å². The van der Waals surface area contributed by atoms with Crippen LogP contribution in [0.2, 0.25) is 0 Å². The Kier molecular flexibility index (Phi) is 5.56. The van der Waals surface area contributed by atoms with E-state index in [0.717, 1.165) is 22.9 Å². The fourth-order valence-corrected chi connectivity index (χ4v) is 5.05. The van der Waals surface area contributed by atoms with Crippen molar-refractivity contribution in [3.05, 3.63) is 59.2 Å². The molecule has 1 N–H and O–H groups in total. The first-order chi connectivity index (χ1) is 13.9. The Labute approximate surface area is 174 Å². The van der Waals surface area contributed by atoms with Crippen LogP contribution < -0.4 is 0 Å². The summed E-state index contributed by atoms with van der Waals surface area (Å²) in [7, 11) is 0. The van der Waals surface area contributed by atoms with E-state index in [2.05, 4.69) is 41.3 Å². The summed E-state index contributed by atoms with van der Waals surface area (Å²) in [4.78, 5) is 9.24. The van der Waals surface area contributed by atoms with Gasteiger partial charge in [0.15, 0.2) is 0 Å². The van der Waals surface area contributed by atoms with Gasteiger partial charge in [0.25, 0.3) is 0 Å². The first kappa shape index (κ1) is 19.8. The molecule has 0 aliphatic carbocycles. The average molecular weight is 434 g/mol. The van der Waals surface area contributed by atoms with Crippen LogP contribution in [0.1, 0.15) is 30.3 Å². The molecule has 0 bridgehead atoms. The Hall–Kier alpha value is -2.45. The van der Waals surface area contributed by atoms with Gasteiger partial charge in [-0.25, -0.2) is 0 Å². The van der Waals surface area contributed by atoms with E-state index in [-0.39, 0.29) is 5.69 Å². The molecule has 0 radical (unpaired) electrons. The molecule has 0 aliphatic heterocycles. The monoisotopic (exact) mass is 433 g/mol. The van der Waals surface area contributed by atoms with Gasteiger partial charge in [-0.2, -0.15) is 18.3 Å². The second-order valence-corrected chi connectivity index (χ2v) is 8.88. The summed E-state index contributed by atoms with van der Waals surface area (Å²) in [6, 6.07) is 13.1. The van der Waals surface area contributed by atoms with Crippen LogP contribution in [0.25, 0.3) is 31.6 Å². The number of aromatic nitrogens is 3. The minimum atomic E-state index is -4.45. The molecule has 0 amide bonds. The first-order valence-corrected chi connectivity index (χ1v) is 10.9. The van der Waals surface area contributed by atoms with Crippen LogP contribution in [0.15, 0.2) is 48.7 Å². The van der Waals surface area contributed by atoms with Gasteiger partial charge in [-0.1, -0.05) is 13.3 Å². The third kappa shape index (κ3) is 4.43. The number of thiophene rings is 2. The van der Waals surface area contributed by atoms with Gasteiger partial charge >= 0.3 is 6.18 Å². The number of hydrogen-bond donors (Lipinski definition) is 1. The minimum Gasteiger partial charge on any atom is -0.273 e. The van der Waals surface area contributed by atoms with E-state index in [4.69, 9.17) is 0 Å². The molecule has 4 rings (SSSR count). The molecule has 0 saturated heterocycles. The molecule has 4 aromatic heterocycles. The number of rotatable bonds is 6. The Morgan fingerprint density at radius 2 is 1.69 bits per heavy atom. The maximum atomic E-state index is 12.7. The van der Waals surface area contributed by atoms with Gasteiger partial charge in [0.05, 0.1) is 5.69 Å². The van der Waals surface area contributed by atoms with Crippen LogP contribution in [0.3, 0.4) is 0 Å². The van der Waals surface area contributed by atoms with Crippen molar-refractivity contribution < 1.29 is 13.2 Å². The summed E-state index contributed by atoms with van der Waals surface area (Å²) in [5.41, 5.74) is 0.625. The SMILES string of the molecule is CCCCc1ccc(-c2ccc(-c3ccc(-c4cc(C(F)(F)F)[nH]n4)nc3)s2)s1. The zero-order valence-corrected chi connectivity index (χ0v) is 17.2. The molecule has 29 heavy (non-hydrogen) atoms. The summed E-state index contributed by atoms with van der Waals surface area (Å²) in [5.74, 6) is 0. The van der Waals surface area contributed by atoms with E-state index in [9.17, 15) is 13.2 Å². The first-order valence-electron chi connectivity index (χ1n) is 9.22. The summed E-state index contributed by atoms with van der Waals surface area (Å²) in [5, 5.41) is 5.73. The maximum absolute atomic E-state index is 12.7. The van der Waals surface area contributed by atoms with Crippen molar-refractivity contribution in [3.63, 3.8) is 0 Å². The minimum absolute atomic E-state index is 0.175. The zero-order chi connectivity index (χ0) is 20.4. The number of alkyl halides is 3. The number of H-pyrrole nitrogens is 1. The smallest absolute Gasteiger partial charge is 0.273 e. The molecule has 4 aromatic rings. The van der Waals surface area contributed by atoms with Crippen molar-refractivity contribution in [1.82, 2.24) is 15.2 Å². The molecular weight excluding hydrogens is 415 g/mol. The van der Waals surface area contributed by atoms with E-state index in [1.165, 1.54) is 27.5 Å². The highest BCUT2D eigenvalue weighted by molar-refractivity contribution is 7.23. The summed E-state index contributed by atoms with van der Waals surface area (Å²) < 4.78 is 38.2. The van der Waals surface area contributed by atoms with Gasteiger partial charge in [0, 0.05) is 31.3 Å². The summed E-state index contributed by atoms with van der Waals surface area (Å²) in [6.07, 6.45) is 0.738. The molecule has 3 nitrogen and oxygen atoms in total. The number of aromatic amines is 1. The lowest BCUT2D eigenvalue weighted by atomic mass is 10.2. The lowest BCUT2D eigenvalue weighted by Gasteiger charge is -2.00. The topological polar surface area (TPSA) is 41.6 Å². The fraction of sp³-hybridized carbons (Fsp3) is 0.238. The molecule has 0 aliphatic rings. The standard InChI is InChI=1S/C21H18F3N3S2/c1-2-3-4-14-6-8-18(28-14)19-10-9-17(29-19)13-5-7-15(25-12-13)16-11-20(27-26-16)21(22,23)24/h5-12H,2-4H2,1H3,(H,26,27). The molecule has 0 atom stereocenters. The second kappa shape index (κ2) is 8.12. The van der Waals surface area contributed by atoms with Gasteiger partial charge < -0.3 is 0 Å². The van der Waals surface area contributed by atoms with Crippen LogP contribution in [0.5, 0.6) is 0 Å². The van der Waals surface area contributed by atoms with E-state index in [1.807, 2.05) is 22.5 Å². The number of hydrogen-bond acceptors (Lipinski definition) is 4. The lowest BCUT2D eigenvalue weighted by Crippen LogP contribution is -2.04. The van der Waals surface area contributed by atoms with Crippen LogP contribution >= 0.6 is 22.7 Å². The largest absolute Gasteiger partial charge is 0.432 e. The van der Waals surface area contributed by atoms with Gasteiger partial charge in [0.2, 0.25) is 0 Å². The molecule has 8 heteroatoms. The van der Waals surface area contributed by atoms with Crippen molar-refractivity contribution >= 4 is 22.7 Å². The summed E-state index contributed by atoms with van der Waals surface area (Å²) >= 11 is 3.51. The molecule has 0 unspecified atom stereocenters. The Balaban J connectivity index is 1.51. The Bertz CT molecular complexity index is 1090. The molecular formula is C21H18F3N3S2. The van der Waals surface area contributed by atoms with Gasteiger partial charge in [-0.05, 0) is 55.3 Å². The number of nitrogens with one attached hydrogen (secondary N) is 1. The fourth-order valence-electron chi connectivity index (χ4n) is 2.91. The normalized spacial score (nSPS) is 11.9. The third-order valence-corrected chi connectivity index (χ3v) is 6.96. The highest BCUT2D eigenvalue weighted by Gasteiger charge is 2.33. The predicted molar refractivity (Wildman–Crippen MR) is 112 cm³/mol. The maximum Gasteiger partial charge on any atom is 0.432 e. The molecule has 0 spiro atoms. The Morgan fingerprint density at radius 3 is 2.38 bits per heavy atom.